The van der Waals surface area contributed by atoms with E-state index in [1.807, 2.05) is 41.3 Å². The highest BCUT2D eigenvalue weighted by Gasteiger charge is 2.41. The summed E-state index contributed by atoms with van der Waals surface area (Å²) in [4.78, 5) is 21.2. The van der Waals surface area contributed by atoms with Crippen molar-refractivity contribution in [3.05, 3.63) is 48.8 Å². The molecule has 2 amide bonds. The van der Waals surface area contributed by atoms with E-state index in [1.165, 1.54) is 12.8 Å². The summed E-state index contributed by atoms with van der Waals surface area (Å²) in [6.07, 6.45) is 6.81. The molecule has 2 saturated heterocycles. The summed E-state index contributed by atoms with van der Waals surface area (Å²) in [5.41, 5.74) is 0.978. The summed E-state index contributed by atoms with van der Waals surface area (Å²) < 4.78 is 5.89. The Kier molecular flexibility index (Phi) is 4.99. The number of benzene rings is 1. The topological polar surface area (TPSA) is 57.7 Å². The average molecular weight is 366 g/mol. The summed E-state index contributed by atoms with van der Waals surface area (Å²) in [7, 11) is 2.17. The smallest absolute Gasteiger partial charge is 0.321 e. The van der Waals surface area contributed by atoms with E-state index in [0.717, 1.165) is 32.6 Å². The van der Waals surface area contributed by atoms with Gasteiger partial charge >= 0.3 is 6.03 Å². The Balaban J connectivity index is 1.42. The summed E-state index contributed by atoms with van der Waals surface area (Å²) in [6, 6.07) is 11.1. The van der Waals surface area contributed by atoms with Gasteiger partial charge in [0.1, 0.15) is 5.75 Å². The van der Waals surface area contributed by atoms with Gasteiger partial charge in [0, 0.05) is 19.3 Å². The van der Waals surface area contributed by atoms with Gasteiger partial charge in [0.15, 0.2) is 5.75 Å². The summed E-state index contributed by atoms with van der Waals surface area (Å²) in [5, 5.41) is 3.03. The molecule has 2 fully saturated rings. The first-order chi connectivity index (χ1) is 13.1. The number of amides is 2. The molecule has 4 rings (SSSR count). The van der Waals surface area contributed by atoms with Gasteiger partial charge in [0.25, 0.3) is 0 Å². The number of para-hydroxylation sites is 2. The molecule has 0 saturated carbocycles. The van der Waals surface area contributed by atoms with Crippen molar-refractivity contribution in [2.75, 3.05) is 38.5 Å². The number of nitrogens with zero attached hydrogens (tertiary/aromatic N) is 3. The van der Waals surface area contributed by atoms with Crippen LogP contribution >= 0.6 is 0 Å². The van der Waals surface area contributed by atoms with Gasteiger partial charge in [-0.15, -0.1) is 0 Å². The fraction of sp³-hybridized carbons (Fsp3) is 0.429. The number of nitrogens with one attached hydrogen (secondary N) is 1. The average Bonchev–Trinajstić information content (AvgIpc) is 3.11. The number of pyridine rings is 1. The molecule has 2 aliphatic rings. The quantitative estimate of drug-likeness (QED) is 0.897. The Morgan fingerprint density at radius 3 is 2.67 bits per heavy atom. The van der Waals surface area contributed by atoms with Crippen LogP contribution in [0.2, 0.25) is 0 Å². The van der Waals surface area contributed by atoms with Gasteiger partial charge in [0.05, 0.1) is 11.9 Å². The molecule has 0 bridgehead atoms. The third kappa shape index (κ3) is 4.06. The zero-order valence-corrected chi connectivity index (χ0v) is 15.7. The van der Waals surface area contributed by atoms with Gasteiger partial charge in [0.2, 0.25) is 0 Å². The van der Waals surface area contributed by atoms with Crippen LogP contribution < -0.4 is 10.1 Å². The molecular weight excluding hydrogens is 340 g/mol. The van der Waals surface area contributed by atoms with Gasteiger partial charge in [-0.05, 0) is 69.1 Å². The molecule has 6 nitrogen and oxygen atoms in total. The number of likely N-dealkylation sites (tertiary alicyclic amines) is 2. The predicted molar refractivity (Wildman–Crippen MR) is 105 cm³/mol. The van der Waals surface area contributed by atoms with Gasteiger partial charge in [-0.2, -0.15) is 0 Å². The molecule has 6 heteroatoms. The molecule has 1 aromatic carbocycles. The van der Waals surface area contributed by atoms with Crippen molar-refractivity contribution >= 4 is 11.7 Å². The third-order valence-corrected chi connectivity index (χ3v) is 5.76. The van der Waals surface area contributed by atoms with E-state index in [9.17, 15) is 4.79 Å². The van der Waals surface area contributed by atoms with Crippen molar-refractivity contribution in [1.82, 2.24) is 14.8 Å². The van der Waals surface area contributed by atoms with Crippen molar-refractivity contribution in [3.63, 3.8) is 0 Å². The molecule has 142 valence electrons. The number of urea groups is 1. The maximum Gasteiger partial charge on any atom is 0.321 e. The molecule has 2 aliphatic heterocycles. The molecule has 2 aromatic rings. The molecule has 0 atom stereocenters. The van der Waals surface area contributed by atoms with Crippen molar-refractivity contribution in [3.8, 4) is 11.5 Å². The van der Waals surface area contributed by atoms with Crippen LogP contribution in [-0.2, 0) is 0 Å². The minimum absolute atomic E-state index is 0.0481. The Morgan fingerprint density at radius 2 is 1.89 bits per heavy atom. The summed E-state index contributed by atoms with van der Waals surface area (Å²) in [6.45, 7) is 3.91. The van der Waals surface area contributed by atoms with E-state index in [1.54, 1.807) is 12.4 Å². The summed E-state index contributed by atoms with van der Waals surface area (Å²) in [5.74, 6) is 1.26. The lowest BCUT2D eigenvalue weighted by Gasteiger charge is -2.37. The number of aromatic nitrogens is 1. The van der Waals surface area contributed by atoms with Crippen molar-refractivity contribution in [1.29, 1.82) is 0 Å². The van der Waals surface area contributed by atoms with E-state index in [-0.39, 0.29) is 6.03 Å². The maximum absolute atomic E-state index is 12.8. The normalized spacial score (nSPS) is 19.2. The number of anilines is 1. The first kappa shape index (κ1) is 17.8. The van der Waals surface area contributed by atoms with Gasteiger partial charge in [-0.1, -0.05) is 12.1 Å². The van der Waals surface area contributed by atoms with Crippen LogP contribution in [0.25, 0.3) is 0 Å². The lowest BCUT2D eigenvalue weighted by molar-refractivity contribution is 0.129. The van der Waals surface area contributed by atoms with Crippen LogP contribution in [0.1, 0.15) is 19.3 Å². The number of hydrogen-bond acceptors (Lipinski definition) is 4. The first-order valence-electron chi connectivity index (χ1n) is 9.55. The Hall–Kier alpha value is -2.60. The third-order valence-electron chi connectivity index (χ3n) is 5.76. The molecule has 0 unspecified atom stereocenters. The fourth-order valence-electron chi connectivity index (χ4n) is 4.00. The Labute approximate surface area is 160 Å². The van der Waals surface area contributed by atoms with Crippen LogP contribution in [0.5, 0.6) is 11.5 Å². The fourth-order valence-corrected chi connectivity index (χ4v) is 4.00. The van der Waals surface area contributed by atoms with E-state index >= 15 is 0 Å². The number of carbonyl (C=O) groups excluding carboxylic acids is 1. The first-order valence-corrected chi connectivity index (χ1v) is 9.55. The van der Waals surface area contributed by atoms with E-state index in [0.29, 0.717) is 22.6 Å². The van der Waals surface area contributed by atoms with E-state index in [2.05, 4.69) is 22.2 Å². The van der Waals surface area contributed by atoms with Gasteiger partial charge in [-0.3, -0.25) is 4.98 Å². The molecule has 1 N–H and O–H groups in total. The minimum Gasteiger partial charge on any atom is -0.454 e. The zero-order chi connectivity index (χ0) is 18.7. The number of piperidine rings is 1. The van der Waals surface area contributed by atoms with Crippen LogP contribution in [-0.4, -0.2) is 54.0 Å². The van der Waals surface area contributed by atoms with Gasteiger partial charge in [-0.25, -0.2) is 4.79 Å². The lowest BCUT2D eigenvalue weighted by Crippen LogP contribution is -2.41. The van der Waals surface area contributed by atoms with Crippen LogP contribution in [0.15, 0.2) is 48.8 Å². The molecule has 0 radical (unpaired) electrons. The van der Waals surface area contributed by atoms with Gasteiger partial charge < -0.3 is 19.9 Å². The Bertz CT molecular complexity index is 788. The number of hydrogen-bond donors (Lipinski definition) is 1. The van der Waals surface area contributed by atoms with Crippen molar-refractivity contribution in [2.24, 2.45) is 5.41 Å². The number of rotatable bonds is 3. The highest BCUT2D eigenvalue weighted by molar-refractivity contribution is 5.91. The summed E-state index contributed by atoms with van der Waals surface area (Å²) >= 11 is 0. The second-order valence-electron chi connectivity index (χ2n) is 7.69. The predicted octanol–water partition coefficient (Wildman–Crippen LogP) is 3.82. The van der Waals surface area contributed by atoms with Crippen LogP contribution in [0.3, 0.4) is 0 Å². The van der Waals surface area contributed by atoms with E-state index in [4.69, 9.17) is 4.74 Å². The maximum atomic E-state index is 12.8. The standard InChI is InChI=1S/C21H26N4O2/c1-24-12-8-21(9-13-24)10-14-25(16-21)20(26)23-18-6-2-3-7-19(18)27-17-5-4-11-22-15-17/h2-7,11,15H,8-10,12-14,16H2,1H3,(H,23,26). The minimum atomic E-state index is -0.0481. The van der Waals surface area contributed by atoms with Crippen molar-refractivity contribution < 1.29 is 9.53 Å². The number of ether oxygens (including phenoxy) is 1. The lowest BCUT2D eigenvalue weighted by atomic mass is 9.78. The molecule has 1 aromatic heterocycles. The second-order valence-corrected chi connectivity index (χ2v) is 7.69. The zero-order valence-electron chi connectivity index (χ0n) is 15.7. The molecule has 3 heterocycles. The largest absolute Gasteiger partial charge is 0.454 e. The van der Waals surface area contributed by atoms with E-state index < -0.39 is 0 Å². The van der Waals surface area contributed by atoms with Crippen LogP contribution in [0.4, 0.5) is 10.5 Å². The number of carbonyl (C=O) groups is 1. The highest BCUT2D eigenvalue weighted by atomic mass is 16.5. The molecule has 27 heavy (non-hydrogen) atoms. The van der Waals surface area contributed by atoms with Crippen LogP contribution in [0, 0.1) is 5.41 Å². The highest BCUT2D eigenvalue weighted by Crippen LogP contribution is 2.40. The molecular formula is C21H26N4O2. The Morgan fingerprint density at radius 1 is 1.11 bits per heavy atom. The monoisotopic (exact) mass is 366 g/mol. The SMILES string of the molecule is CN1CCC2(CC1)CCN(C(=O)Nc1ccccc1Oc1cccnc1)C2. The molecule has 0 aliphatic carbocycles. The second kappa shape index (κ2) is 7.56. The van der Waals surface area contributed by atoms with Crippen molar-refractivity contribution in [2.45, 2.75) is 19.3 Å². The molecule has 1 spiro atoms.